The van der Waals surface area contributed by atoms with Gasteiger partial charge in [-0.25, -0.2) is 0 Å². The third-order valence-corrected chi connectivity index (χ3v) is 2.71. The summed E-state index contributed by atoms with van der Waals surface area (Å²) in [6.45, 7) is 3.79. The van der Waals surface area contributed by atoms with Crippen LogP contribution in [0.2, 0.25) is 0 Å². The number of rotatable bonds is 3. The molecule has 0 aliphatic heterocycles. The summed E-state index contributed by atoms with van der Waals surface area (Å²) >= 11 is 0. The van der Waals surface area contributed by atoms with Gasteiger partial charge in [-0.05, 0) is 30.9 Å². The third-order valence-electron chi connectivity index (χ3n) is 2.71. The molecular weight excluding hydrogens is 215 g/mol. The van der Waals surface area contributed by atoms with Gasteiger partial charge in [0, 0.05) is 6.04 Å². The van der Waals surface area contributed by atoms with Crippen molar-refractivity contribution in [1.82, 2.24) is 0 Å². The Labute approximate surface area is 93.5 Å². The number of nitrogens with two attached hydrogens (primary N) is 1. The summed E-state index contributed by atoms with van der Waals surface area (Å²) in [5, 5.41) is 0. The van der Waals surface area contributed by atoms with Gasteiger partial charge >= 0.3 is 6.18 Å². The Kier molecular flexibility index (Phi) is 3.97. The van der Waals surface area contributed by atoms with E-state index in [4.69, 9.17) is 5.73 Å². The van der Waals surface area contributed by atoms with Gasteiger partial charge < -0.3 is 5.73 Å². The standard InChI is InChI=1S/C12H16F3N/c1-8(9(2)16)6-10-4-3-5-11(7-10)12(13,14)15/h3-5,7-9H,6,16H2,1-2H3. The Morgan fingerprint density at radius 1 is 1.25 bits per heavy atom. The van der Waals surface area contributed by atoms with Crippen LogP contribution >= 0.6 is 0 Å². The minimum atomic E-state index is -4.27. The van der Waals surface area contributed by atoms with Crippen molar-refractivity contribution >= 4 is 0 Å². The lowest BCUT2D eigenvalue weighted by molar-refractivity contribution is -0.137. The van der Waals surface area contributed by atoms with E-state index >= 15 is 0 Å². The lowest BCUT2D eigenvalue weighted by Gasteiger charge is -2.16. The number of halogens is 3. The average molecular weight is 231 g/mol. The zero-order chi connectivity index (χ0) is 12.3. The van der Waals surface area contributed by atoms with Crippen molar-refractivity contribution in [3.8, 4) is 0 Å². The predicted octanol–water partition coefficient (Wildman–Crippen LogP) is 3.23. The van der Waals surface area contributed by atoms with E-state index in [1.807, 2.05) is 13.8 Å². The van der Waals surface area contributed by atoms with Crippen molar-refractivity contribution in [2.24, 2.45) is 11.7 Å². The van der Waals surface area contributed by atoms with Gasteiger partial charge in [0.1, 0.15) is 0 Å². The molecular formula is C12H16F3N. The lowest BCUT2D eigenvalue weighted by atomic mass is 9.94. The van der Waals surface area contributed by atoms with Gasteiger partial charge in [0.25, 0.3) is 0 Å². The van der Waals surface area contributed by atoms with E-state index < -0.39 is 11.7 Å². The molecule has 0 spiro atoms. The average Bonchev–Trinajstić information content (AvgIpc) is 2.16. The zero-order valence-corrected chi connectivity index (χ0v) is 9.38. The van der Waals surface area contributed by atoms with Gasteiger partial charge in [-0.1, -0.05) is 25.1 Å². The van der Waals surface area contributed by atoms with Crippen molar-refractivity contribution in [2.75, 3.05) is 0 Å². The maximum atomic E-state index is 12.4. The molecule has 2 unspecified atom stereocenters. The first-order valence-electron chi connectivity index (χ1n) is 5.22. The molecule has 16 heavy (non-hydrogen) atoms. The smallest absolute Gasteiger partial charge is 0.328 e. The molecule has 0 aliphatic carbocycles. The van der Waals surface area contributed by atoms with Gasteiger partial charge in [0.15, 0.2) is 0 Å². The highest BCUT2D eigenvalue weighted by atomic mass is 19.4. The van der Waals surface area contributed by atoms with Crippen molar-refractivity contribution in [1.29, 1.82) is 0 Å². The second-order valence-corrected chi connectivity index (χ2v) is 4.24. The molecule has 0 fully saturated rings. The fourth-order valence-corrected chi connectivity index (χ4v) is 1.43. The van der Waals surface area contributed by atoms with Crippen molar-refractivity contribution in [3.05, 3.63) is 35.4 Å². The minimum absolute atomic E-state index is 0.0189. The van der Waals surface area contributed by atoms with Gasteiger partial charge in [-0.3, -0.25) is 0 Å². The molecule has 1 rings (SSSR count). The van der Waals surface area contributed by atoms with Crippen molar-refractivity contribution in [2.45, 2.75) is 32.5 Å². The Bertz CT molecular complexity index is 344. The SMILES string of the molecule is CC(N)C(C)Cc1cccc(C(F)(F)F)c1. The maximum absolute atomic E-state index is 12.4. The first-order valence-corrected chi connectivity index (χ1v) is 5.22. The predicted molar refractivity (Wildman–Crippen MR) is 58.0 cm³/mol. The third kappa shape index (κ3) is 3.52. The normalized spacial score (nSPS) is 15.9. The highest BCUT2D eigenvalue weighted by Gasteiger charge is 2.30. The first-order chi connectivity index (χ1) is 7.30. The summed E-state index contributed by atoms with van der Waals surface area (Å²) in [5.74, 6) is 0.170. The molecule has 0 heterocycles. The number of hydrogen-bond donors (Lipinski definition) is 1. The van der Waals surface area contributed by atoms with Crippen LogP contribution in [0, 0.1) is 5.92 Å². The highest BCUT2D eigenvalue weighted by molar-refractivity contribution is 5.26. The monoisotopic (exact) mass is 231 g/mol. The van der Waals surface area contributed by atoms with E-state index in [1.54, 1.807) is 6.07 Å². The summed E-state index contributed by atoms with van der Waals surface area (Å²) in [7, 11) is 0. The van der Waals surface area contributed by atoms with Crippen LogP contribution < -0.4 is 5.73 Å². The summed E-state index contributed by atoms with van der Waals surface area (Å²) < 4.78 is 37.3. The molecule has 0 saturated heterocycles. The van der Waals surface area contributed by atoms with Crippen molar-refractivity contribution < 1.29 is 13.2 Å². The fraction of sp³-hybridized carbons (Fsp3) is 0.500. The quantitative estimate of drug-likeness (QED) is 0.849. The first kappa shape index (κ1) is 13.0. The lowest BCUT2D eigenvalue weighted by Crippen LogP contribution is -2.25. The van der Waals surface area contributed by atoms with Crippen LogP contribution in [0.1, 0.15) is 25.0 Å². The van der Waals surface area contributed by atoms with E-state index in [0.717, 1.165) is 6.07 Å². The largest absolute Gasteiger partial charge is 0.416 e. The Morgan fingerprint density at radius 2 is 1.88 bits per heavy atom. The second-order valence-electron chi connectivity index (χ2n) is 4.24. The van der Waals surface area contributed by atoms with Crippen LogP contribution in [-0.4, -0.2) is 6.04 Å². The number of alkyl halides is 3. The van der Waals surface area contributed by atoms with Crippen molar-refractivity contribution in [3.63, 3.8) is 0 Å². The van der Waals surface area contributed by atoms with Gasteiger partial charge in [0.2, 0.25) is 0 Å². The molecule has 1 nitrogen and oxygen atoms in total. The Hall–Kier alpha value is -1.03. The minimum Gasteiger partial charge on any atom is -0.328 e. The van der Waals surface area contributed by atoms with Crippen LogP contribution in [0.5, 0.6) is 0 Å². The zero-order valence-electron chi connectivity index (χ0n) is 9.38. The molecule has 0 aliphatic rings. The summed E-state index contributed by atoms with van der Waals surface area (Å²) in [4.78, 5) is 0. The van der Waals surface area contributed by atoms with E-state index in [9.17, 15) is 13.2 Å². The molecule has 0 amide bonds. The van der Waals surface area contributed by atoms with E-state index in [2.05, 4.69) is 0 Å². The number of benzene rings is 1. The summed E-state index contributed by atoms with van der Waals surface area (Å²) in [5.41, 5.74) is 5.77. The summed E-state index contributed by atoms with van der Waals surface area (Å²) in [6.07, 6.45) is -3.70. The number of hydrogen-bond acceptors (Lipinski definition) is 1. The highest BCUT2D eigenvalue weighted by Crippen LogP contribution is 2.30. The molecule has 1 aromatic rings. The molecule has 1 aromatic carbocycles. The Balaban J connectivity index is 2.83. The van der Waals surface area contributed by atoms with E-state index in [1.165, 1.54) is 12.1 Å². The molecule has 0 bridgehead atoms. The topological polar surface area (TPSA) is 26.0 Å². The second kappa shape index (κ2) is 4.87. The molecule has 0 aromatic heterocycles. The molecule has 2 atom stereocenters. The van der Waals surface area contributed by atoms with Crippen LogP contribution in [0.15, 0.2) is 24.3 Å². The maximum Gasteiger partial charge on any atom is 0.416 e. The molecule has 0 radical (unpaired) electrons. The van der Waals surface area contributed by atoms with Crippen LogP contribution in [0.25, 0.3) is 0 Å². The molecule has 90 valence electrons. The van der Waals surface area contributed by atoms with Crippen LogP contribution in [-0.2, 0) is 12.6 Å². The van der Waals surface area contributed by atoms with Gasteiger partial charge in [0.05, 0.1) is 5.56 Å². The van der Waals surface area contributed by atoms with Gasteiger partial charge in [-0.15, -0.1) is 0 Å². The van der Waals surface area contributed by atoms with Crippen LogP contribution in [0.3, 0.4) is 0 Å². The molecule has 2 N–H and O–H groups in total. The van der Waals surface area contributed by atoms with E-state index in [-0.39, 0.29) is 12.0 Å². The van der Waals surface area contributed by atoms with E-state index in [0.29, 0.717) is 12.0 Å². The molecule has 0 saturated carbocycles. The fourth-order valence-electron chi connectivity index (χ4n) is 1.43. The molecule has 4 heteroatoms. The van der Waals surface area contributed by atoms with Gasteiger partial charge in [-0.2, -0.15) is 13.2 Å². The Morgan fingerprint density at radius 3 is 2.38 bits per heavy atom. The van der Waals surface area contributed by atoms with Crippen LogP contribution in [0.4, 0.5) is 13.2 Å². The summed E-state index contributed by atoms with van der Waals surface area (Å²) in [6, 6.07) is 5.40.